The van der Waals surface area contributed by atoms with Gasteiger partial charge in [0.2, 0.25) is 0 Å². The number of anilines is 1. The number of methoxy groups -OCH3 is 1. The van der Waals surface area contributed by atoms with Crippen LogP contribution in [-0.4, -0.2) is 70.1 Å². The first-order valence-corrected chi connectivity index (χ1v) is 15.1. The molecule has 0 radical (unpaired) electrons. The zero-order valence-electron chi connectivity index (χ0n) is 24.8. The number of benzene rings is 2. The second-order valence-corrected chi connectivity index (χ2v) is 11.4. The van der Waals surface area contributed by atoms with E-state index in [1.807, 2.05) is 18.2 Å². The number of aryl methyl sites for hydroxylation is 2. The predicted molar refractivity (Wildman–Crippen MR) is 166 cm³/mol. The van der Waals surface area contributed by atoms with Crippen molar-refractivity contribution in [3.63, 3.8) is 0 Å². The van der Waals surface area contributed by atoms with Crippen LogP contribution in [0.4, 0.5) is 5.82 Å². The molecule has 2 aromatic heterocycles. The molecule has 5 rings (SSSR count). The number of ether oxygens (including phenoxy) is 1. The smallest absolute Gasteiger partial charge is 0.309 e. The molecule has 8 nitrogen and oxygen atoms in total. The number of piperidine rings is 1. The van der Waals surface area contributed by atoms with E-state index in [1.54, 1.807) is 0 Å². The minimum Gasteiger partial charge on any atom is -0.469 e. The normalized spacial score (nSPS) is 14.8. The highest BCUT2D eigenvalue weighted by Crippen LogP contribution is 2.30. The van der Waals surface area contributed by atoms with Crippen LogP contribution in [0.1, 0.15) is 56.0 Å². The molecule has 0 bridgehead atoms. The van der Waals surface area contributed by atoms with E-state index >= 15 is 0 Å². The van der Waals surface area contributed by atoms with E-state index in [0.717, 1.165) is 91.7 Å². The Kier molecular flexibility index (Phi) is 9.52. The van der Waals surface area contributed by atoms with Crippen LogP contribution in [0.5, 0.6) is 0 Å². The van der Waals surface area contributed by atoms with Crippen molar-refractivity contribution in [2.45, 2.75) is 71.0 Å². The minimum atomic E-state index is -0.205. The van der Waals surface area contributed by atoms with E-state index in [2.05, 4.69) is 63.7 Å². The van der Waals surface area contributed by atoms with Crippen LogP contribution in [-0.2, 0) is 35.5 Å². The van der Waals surface area contributed by atoms with Crippen LogP contribution < -0.4 is 5.73 Å². The summed E-state index contributed by atoms with van der Waals surface area (Å²) in [5.74, 6) is 1.41. The summed E-state index contributed by atoms with van der Waals surface area (Å²) in [5, 5.41) is 1.11. The second-order valence-electron chi connectivity index (χ2n) is 11.4. The molecule has 218 valence electrons. The molecule has 0 unspecified atom stereocenters. The van der Waals surface area contributed by atoms with Gasteiger partial charge in [-0.2, -0.15) is 0 Å². The molecule has 4 aromatic rings. The number of para-hydroxylation sites is 1. The third-order valence-electron chi connectivity index (χ3n) is 8.43. The van der Waals surface area contributed by atoms with Crippen LogP contribution in [0.25, 0.3) is 21.9 Å². The molecule has 41 heavy (non-hydrogen) atoms. The Bertz CT molecular complexity index is 1470. The van der Waals surface area contributed by atoms with Gasteiger partial charge in [-0.05, 0) is 63.0 Å². The number of aromatic nitrogens is 3. The summed E-state index contributed by atoms with van der Waals surface area (Å²) in [6, 6.07) is 17.2. The second kappa shape index (κ2) is 13.4. The Morgan fingerprint density at radius 3 is 2.63 bits per heavy atom. The fourth-order valence-corrected chi connectivity index (χ4v) is 6.17. The van der Waals surface area contributed by atoms with Crippen LogP contribution in [0.3, 0.4) is 0 Å². The number of hydrogen-bond donors (Lipinski definition) is 1. The Morgan fingerprint density at radius 1 is 1.07 bits per heavy atom. The lowest BCUT2D eigenvalue weighted by Gasteiger charge is -2.37. The molecule has 8 heteroatoms. The Balaban J connectivity index is 1.39. The largest absolute Gasteiger partial charge is 0.469 e. The lowest BCUT2D eigenvalue weighted by Crippen LogP contribution is -2.44. The highest BCUT2D eigenvalue weighted by atomic mass is 16.5. The van der Waals surface area contributed by atoms with Gasteiger partial charge in [-0.1, -0.05) is 55.8 Å². The number of nitrogen functional groups attached to an aromatic ring is 1. The number of unbranched alkanes of at least 4 members (excludes halogenated alkanes) is 1. The summed E-state index contributed by atoms with van der Waals surface area (Å²) in [7, 11) is 3.66. The molecule has 2 N–H and O–H groups in total. The summed E-state index contributed by atoms with van der Waals surface area (Å²) in [6.45, 7) is 7.20. The standard InChI is InChI=1S/C33H44N6O2/c1-4-5-14-29-36-31-32(27-12-6-7-13-28(27)35-33(31)34)39(29)18-9-17-38(26-15-19-37(2)20-16-26)23-25-11-8-10-24(21-25)22-30(40)41-3/h6-8,10-13,21,26H,4-5,9,14-20,22-23H2,1-3H3,(H2,34,35). The van der Waals surface area contributed by atoms with Gasteiger partial charge in [-0.25, -0.2) is 9.97 Å². The van der Waals surface area contributed by atoms with Gasteiger partial charge < -0.3 is 19.9 Å². The quantitative estimate of drug-likeness (QED) is 0.240. The van der Waals surface area contributed by atoms with Crippen LogP contribution in [0, 0.1) is 0 Å². The number of imidazole rings is 1. The van der Waals surface area contributed by atoms with Crippen LogP contribution >= 0.6 is 0 Å². The average Bonchev–Trinajstić information content (AvgIpc) is 3.35. The SMILES string of the molecule is CCCCc1nc2c(N)nc3ccccc3c2n1CCCN(Cc1cccc(CC(=O)OC)c1)C1CCN(C)CC1. The topological polar surface area (TPSA) is 89.5 Å². The minimum absolute atomic E-state index is 0.205. The maximum Gasteiger partial charge on any atom is 0.309 e. The Morgan fingerprint density at radius 2 is 1.85 bits per heavy atom. The Hall–Kier alpha value is -3.49. The van der Waals surface area contributed by atoms with Gasteiger partial charge in [-0.3, -0.25) is 9.69 Å². The van der Waals surface area contributed by atoms with Crippen LogP contribution in [0.15, 0.2) is 48.5 Å². The van der Waals surface area contributed by atoms with Gasteiger partial charge in [0.05, 0.1) is 24.6 Å². The summed E-state index contributed by atoms with van der Waals surface area (Å²) in [4.78, 5) is 26.6. The molecule has 2 aromatic carbocycles. The number of nitrogens with zero attached hydrogens (tertiary/aromatic N) is 5. The van der Waals surface area contributed by atoms with Crippen molar-refractivity contribution in [1.29, 1.82) is 0 Å². The van der Waals surface area contributed by atoms with Gasteiger partial charge in [0, 0.05) is 37.5 Å². The molecule has 1 aliphatic heterocycles. The third-order valence-corrected chi connectivity index (χ3v) is 8.43. The van der Waals surface area contributed by atoms with Crippen molar-refractivity contribution in [2.75, 3.05) is 39.5 Å². The Labute approximate surface area is 243 Å². The van der Waals surface area contributed by atoms with Crippen molar-refractivity contribution in [3.8, 4) is 0 Å². The molecule has 0 spiro atoms. The molecular formula is C33H44N6O2. The van der Waals surface area contributed by atoms with Crippen LogP contribution in [0.2, 0.25) is 0 Å². The van der Waals surface area contributed by atoms with Crippen molar-refractivity contribution in [2.24, 2.45) is 0 Å². The van der Waals surface area contributed by atoms with Crippen molar-refractivity contribution in [3.05, 3.63) is 65.5 Å². The van der Waals surface area contributed by atoms with E-state index in [0.29, 0.717) is 18.3 Å². The number of hydrogen-bond acceptors (Lipinski definition) is 7. The molecule has 0 atom stereocenters. The predicted octanol–water partition coefficient (Wildman–Crippen LogP) is 5.21. The van der Waals surface area contributed by atoms with E-state index < -0.39 is 0 Å². The first-order chi connectivity index (χ1) is 20.0. The van der Waals surface area contributed by atoms with Gasteiger partial charge in [0.1, 0.15) is 11.3 Å². The molecule has 1 saturated heterocycles. The maximum atomic E-state index is 11.9. The molecule has 0 amide bonds. The fraction of sp³-hybridized carbons (Fsp3) is 0.485. The fourth-order valence-electron chi connectivity index (χ4n) is 6.17. The number of esters is 1. The number of carbonyl (C=O) groups is 1. The lowest BCUT2D eigenvalue weighted by atomic mass is 10.0. The number of rotatable bonds is 12. The average molecular weight is 557 g/mol. The molecule has 0 aliphatic carbocycles. The summed E-state index contributed by atoms with van der Waals surface area (Å²) >= 11 is 0. The molecule has 3 heterocycles. The molecule has 1 aliphatic rings. The van der Waals surface area contributed by atoms with Gasteiger partial charge in [-0.15, -0.1) is 0 Å². The number of carbonyl (C=O) groups excluding carboxylic acids is 1. The van der Waals surface area contributed by atoms with Gasteiger partial charge in [0.15, 0.2) is 5.82 Å². The monoisotopic (exact) mass is 556 g/mol. The molecular weight excluding hydrogens is 512 g/mol. The van der Waals surface area contributed by atoms with E-state index in [4.69, 9.17) is 15.5 Å². The number of likely N-dealkylation sites (tertiary alicyclic amines) is 1. The number of nitrogens with two attached hydrogens (primary N) is 1. The summed E-state index contributed by atoms with van der Waals surface area (Å²) < 4.78 is 7.31. The summed E-state index contributed by atoms with van der Waals surface area (Å²) in [5.41, 5.74) is 11.5. The zero-order valence-corrected chi connectivity index (χ0v) is 24.8. The number of pyridine rings is 1. The van der Waals surface area contributed by atoms with Crippen molar-refractivity contribution >= 4 is 33.7 Å². The third kappa shape index (κ3) is 6.88. The van der Waals surface area contributed by atoms with E-state index in [-0.39, 0.29) is 5.97 Å². The van der Waals surface area contributed by atoms with Crippen molar-refractivity contribution in [1.82, 2.24) is 24.3 Å². The van der Waals surface area contributed by atoms with Gasteiger partial charge >= 0.3 is 5.97 Å². The lowest BCUT2D eigenvalue weighted by molar-refractivity contribution is -0.139. The number of fused-ring (bicyclic) bond motifs is 3. The first-order valence-electron chi connectivity index (χ1n) is 15.1. The van der Waals surface area contributed by atoms with Gasteiger partial charge in [0.25, 0.3) is 0 Å². The van der Waals surface area contributed by atoms with Crippen molar-refractivity contribution < 1.29 is 9.53 Å². The highest BCUT2D eigenvalue weighted by molar-refractivity contribution is 6.06. The molecule has 1 fully saturated rings. The highest BCUT2D eigenvalue weighted by Gasteiger charge is 2.24. The van der Waals surface area contributed by atoms with E-state index in [1.165, 1.54) is 25.5 Å². The summed E-state index contributed by atoms with van der Waals surface area (Å²) in [6.07, 6.45) is 6.80. The zero-order chi connectivity index (χ0) is 28.8. The first kappa shape index (κ1) is 29.0. The molecule has 0 saturated carbocycles. The van der Waals surface area contributed by atoms with E-state index in [9.17, 15) is 4.79 Å². The maximum absolute atomic E-state index is 11.9.